The van der Waals surface area contributed by atoms with Crippen LogP contribution in [0.2, 0.25) is 0 Å². The number of imidazole rings is 1. The fourth-order valence-corrected chi connectivity index (χ4v) is 4.01. The number of aliphatic imine (C=N–C) groups is 1. The number of halogens is 1. The lowest BCUT2D eigenvalue weighted by Gasteiger charge is -2.36. The second-order valence-corrected chi connectivity index (χ2v) is 8.07. The number of H-pyrrole nitrogens is 1. The molecule has 1 aliphatic heterocycles. The van der Waals surface area contributed by atoms with E-state index in [1.54, 1.807) is 7.05 Å². The molecular formula is C25H32IN7O. The Kier molecular flexibility index (Phi) is 9.32. The van der Waals surface area contributed by atoms with E-state index in [1.165, 1.54) is 5.69 Å². The molecule has 1 aliphatic rings. The minimum Gasteiger partial charge on any atom is -0.368 e. The Morgan fingerprint density at radius 3 is 2.35 bits per heavy atom. The molecule has 1 fully saturated rings. The molecule has 0 unspecified atom stereocenters. The van der Waals surface area contributed by atoms with Crippen LogP contribution in [0.15, 0.2) is 71.9 Å². The molecule has 1 aromatic heterocycles. The highest BCUT2D eigenvalue weighted by Gasteiger charge is 2.21. The zero-order valence-electron chi connectivity index (χ0n) is 19.6. The van der Waals surface area contributed by atoms with E-state index < -0.39 is 0 Å². The fourth-order valence-electron chi connectivity index (χ4n) is 4.01. The predicted molar refractivity (Wildman–Crippen MR) is 148 cm³/mol. The molecule has 0 radical (unpaired) electrons. The summed E-state index contributed by atoms with van der Waals surface area (Å²) in [6.45, 7) is 3.89. The summed E-state index contributed by atoms with van der Waals surface area (Å²) >= 11 is 0. The van der Waals surface area contributed by atoms with Crippen LogP contribution in [0.5, 0.6) is 0 Å². The Morgan fingerprint density at radius 2 is 1.71 bits per heavy atom. The van der Waals surface area contributed by atoms with Crippen molar-refractivity contribution < 1.29 is 4.79 Å². The Bertz CT molecular complexity index is 1060. The minimum absolute atomic E-state index is 0. The van der Waals surface area contributed by atoms with E-state index in [9.17, 15) is 4.79 Å². The van der Waals surface area contributed by atoms with Crippen LogP contribution in [-0.4, -0.2) is 78.5 Å². The van der Waals surface area contributed by atoms with E-state index in [4.69, 9.17) is 0 Å². The van der Waals surface area contributed by atoms with Gasteiger partial charge in [-0.15, -0.1) is 24.0 Å². The van der Waals surface area contributed by atoms with Crippen LogP contribution in [0.3, 0.4) is 0 Å². The van der Waals surface area contributed by atoms with Crippen LogP contribution >= 0.6 is 24.0 Å². The minimum atomic E-state index is 0. The maximum absolute atomic E-state index is 12.8. The number of amides is 1. The number of nitrogens with zero attached hydrogens (tertiary/aromatic N) is 5. The number of carbonyl (C=O) groups is 1. The van der Waals surface area contributed by atoms with Gasteiger partial charge in [-0.2, -0.15) is 0 Å². The Labute approximate surface area is 218 Å². The first-order valence-corrected chi connectivity index (χ1v) is 11.2. The summed E-state index contributed by atoms with van der Waals surface area (Å²) in [7, 11) is 3.66. The molecule has 9 heteroatoms. The molecule has 0 bridgehead atoms. The highest BCUT2D eigenvalue weighted by molar-refractivity contribution is 14.0. The van der Waals surface area contributed by atoms with Gasteiger partial charge >= 0.3 is 0 Å². The van der Waals surface area contributed by atoms with Gasteiger partial charge in [0.2, 0.25) is 5.91 Å². The number of benzene rings is 2. The summed E-state index contributed by atoms with van der Waals surface area (Å²) in [6.07, 6.45) is 1.84. The van der Waals surface area contributed by atoms with Crippen LogP contribution in [-0.2, 0) is 11.3 Å². The fraction of sp³-hybridized carbons (Fsp3) is 0.320. The standard InChI is InChI=1S/C25H31N7O.HI/c1-26-25(30(2)19-23-27-17-22(29-23)20-9-5-3-6-10-20)28-18-24(33)32-15-13-31(14-16-32)21-11-7-4-8-12-21;/h3-12,17H,13-16,18-19H2,1-2H3,(H,26,28)(H,27,29);1H. The predicted octanol–water partition coefficient (Wildman–Crippen LogP) is 3.05. The second kappa shape index (κ2) is 12.4. The lowest BCUT2D eigenvalue weighted by molar-refractivity contribution is -0.130. The van der Waals surface area contributed by atoms with E-state index in [2.05, 4.69) is 37.3 Å². The highest BCUT2D eigenvalue weighted by Crippen LogP contribution is 2.17. The van der Waals surface area contributed by atoms with E-state index in [1.807, 2.05) is 71.6 Å². The van der Waals surface area contributed by atoms with Gasteiger partial charge in [0.05, 0.1) is 25.0 Å². The van der Waals surface area contributed by atoms with Crippen molar-refractivity contribution in [2.45, 2.75) is 6.54 Å². The lowest BCUT2D eigenvalue weighted by Crippen LogP contribution is -2.52. The summed E-state index contributed by atoms with van der Waals surface area (Å²) in [4.78, 5) is 31.1. The van der Waals surface area contributed by atoms with Gasteiger partial charge in [-0.3, -0.25) is 9.79 Å². The number of piperazine rings is 1. The SMILES string of the molecule is CN=C(NCC(=O)N1CCN(c2ccccc2)CC1)N(C)Cc1ncc(-c2ccccc2)[nH]1.I. The summed E-state index contributed by atoms with van der Waals surface area (Å²) in [5.74, 6) is 1.58. The molecule has 8 nitrogen and oxygen atoms in total. The van der Waals surface area contributed by atoms with Crippen molar-refractivity contribution in [1.29, 1.82) is 0 Å². The molecule has 1 amide bonds. The first kappa shape index (κ1) is 25.5. The number of carbonyl (C=O) groups excluding carboxylic acids is 1. The Hall–Kier alpha value is -3.08. The smallest absolute Gasteiger partial charge is 0.242 e. The van der Waals surface area contributed by atoms with Crippen LogP contribution in [0.1, 0.15) is 5.82 Å². The number of para-hydroxylation sites is 1. The van der Waals surface area contributed by atoms with E-state index in [-0.39, 0.29) is 36.4 Å². The monoisotopic (exact) mass is 573 g/mol. The van der Waals surface area contributed by atoms with Crippen molar-refractivity contribution in [3.8, 4) is 11.3 Å². The van der Waals surface area contributed by atoms with Crippen LogP contribution < -0.4 is 10.2 Å². The number of aromatic amines is 1. The molecule has 2 heterocycles. The average molecular weight is 573 g/mol. The summed E-state index contributed by atoms with van der Waals surface area (Å²) in [5.41, 5.74) is 3.28. The average Bonchev–Trinajstić information content (AvgIpc) is 3.34. The van der Waals surface area contributed by atoms with E-state index in [0.29, 0.717) is 12.5 Å². The number of hydrogen-bond donors (Lipinski definition) is 2. The number of guanidine groups is 1. The van der Waals surface area contributed by atoms with Crippen LogP contribution in [0.4, 0.5) is 5.69 Å². The zero-order chi connectivity index (χ0) is 23.0. The number of anilines is 1. The third kappa shape index (κ3) is 6.49. The van der Waals surface area contributed by atoms with Crippen molar-refractivity contribution in [2.75, 3.05) is 51.7 Å². The van der Waals surface area contributed by atoms with Gasteiger partial charge in [0.15, 0.2) is 5.96 Å². The normalized spacial score (nSPS) is 13.9. The molecule has 3 aromatic rings. The first-order valence-electron chi connectivity index (χ1n) is 11.2. The second-order valence-electron chi connectivity index (χ2n) is 8.07. The number of rotatable bonds is 6. The third-order valence-corrected chi connectivity index (χ3v) is 5.82. The molecule has 0 aliphatic carbocycles. The molecule has 4 rings (SSSR count). The van der Waals surface area contributed by atoms with Gasteiger partial charge in [-0.1, -0.05) is 48.5 Å². The largest absolute Gasteiger partial charge is 0.368 e. The number of hydrogen-bond acceptors (Lipinski definition) is 4. The number of nitrogens with one attached hydrogen (secondary N) is 2. The van der Waals surface area contributed by atoms with Gasteiger partial charge in [0.25, 0.3) is 0 Å². The van der Waals surface area contributed by atoms with Gasteiger partial charge in [-0.05, 0) is 17.7 Å². The molecular weight excluding hydrogens is 541 g/mol. The highest BCUT2D eigenvalue weighted by atomic mass is 127. The molecule has 0 saturated carbocycles. The van der Waals surface area contributed by atoms with Crippen molar-refractivity contribution in [3.05, 3.63) is 72.7 Å². The maximum atomic E-state index is 12.8. The van der Waals surface area contributed by atoms with Crippen LogP contribution in [0.25, 0.3) is 11.3 Å². The van der Waals surface area contributed by atoms with Gasteiger partial charge in [0.1, 0.15) is 5.82 Å². The molecule has 2 aromatic carbocycles. The van der Waals surface area contributed by atoms with E-state index in [0.717, 1.165) is 43.3 Å². The van der Waals surface area contributed by atoms with Crippen molar-refractivity contribution in [3.63, 3.8) is 0 Å². The molecule has 0 spiro atoms. The number of aromatic nitrogens is 2. The molecule has 34 heavy (non-hydrogen) atoms. The topological polar surface area (TPSA) is 79.9 Å². The van der Waals surface area contributed by atoms with Crippen molar-refractivity contribution in [1.82, 2.24) is 25.1 Å². The quantitative estimate of drug-likeness (QED) is 0.269. The van der Waals surface area contributed by atoms with Gasteiger partial charge < -0.3 is 25.0 Å². The van der Waals surface area contributed by atoms with Crippen molar-refractivity contribution >= 4 is 41.5 Å². The van der Waals surface area contributed by atoms with Gasteiger partial charge in [-0.25, -0.2) is 4.98 Å². The van der Waals surface area contributed by atoms with Crippen molar-refractivity contribution in [2.24, 2.45) is 4.99 Å². The summed E-state index contributed by atoms with van der Waals surface area (Å²) in [6, 6.07) is 20.4. The molecule has 180 valence electrons. The third-order valence-electron chi connectivity index (χ3n) is 5.82. The zero-order valence-corrected chi connectivity index (χ0v) is 22.0. The Balaban J connectivity index is 0.00000324. The van der Waals surface area contributed by atoms with Crippen LogP contribution in [0, 0.1) is 0 Å². The summed E-state index contributed by atoms with van der Waals surface area (Å²) in [5, 5.41) is 3.20. The van der Waals surface area contributed by atoms with E-state index >= 15 is 0 Å². The van der Waals surface area contributed by atoms with Gasteiger partial charge in [0, 0.05) is 46.0 Å². The lowest BCUT2D eigenvalue weighted by atomic mass is 10.2. The molecule has 2 N–H and O–H groups in total. The summed E-state index contributed by atoms with van der Waals surface area (Å²) < 4.78 is 0. The maximum Gasteiger partial charge on any atom is 0.242 e. The Morgan fingerprint density at radius 1 is 1.06 bits per heavy atom. The molecule has 0 atom stereocenters. The first-order chi connectivity index (χ1) is 16.1. The molecule has 1 saturated heterocycles.